The van der Waals surface area contributed by atoms with E-state index in [1.165, 1.54) is 20.3 Å². The Balaban J connectivity index is 2.97. The zero-order chi connectivity index (χ0) is 22.0. The molecule has 1 aliphatic carbocycles. The third kappa shape index (κ3) is 6.80. The second-order valence-corrected chi connectivity index (χ2v) is 7.73. The van der Waals surface area contributed by atoms with Crippen LogP contribution in [0.2, 0.25) is 0 Å². The minimum Gasteiger partial charge on any atom is -0.469 e. The number of Topliss-reactive ketones (excluding diaryl/α,β-unsaturated/α-hetero) is 2. The lowest BCUT2D eigenvalue weighted by Gasteiger charge is -2.38. The second kappa shape index (κ2) is 11.5. The van der Waals surface area contributed by atoms with Gasteiger partial charge in [0, 0.05) is 12.8 Å². The molecular weight excluding hydrogens is 378 g/mol. The molecule has 0 spiro atoms. The molecule has 0 aromatic rings. The molecule has 0 saturated heterocycles. The first kappa shape index (κ1) is 24.5. The van der Waals surface area contributed by atoms with E-state index in [9.17, 15) is 19.2 Å². The van der Waals surface area contributed by atoms with Gasteiger partial charge in [0.15, 0.2) is 5.78 Å². The topological polar surface area (TPSA) is 108 Å². The van der Waals surface area contributed by atoms with Gasteiger partial charge in [-0.15, -0.1) is 0 Å². The van der Waals surface area contributed by atoms with Crippen LogP contribution in [-0.4, -0.2) is 50.0 Å². The van der Waals surface area contributed by atoms with Crippen molar-refractivity contribution in [1.82, 2.24) is 0 Å². The summed E-state index contributed by atoms with van der Waals surface area (Å²) in [5.41, 5.74) is -0.532. The van der Waals surface area contributed by atoms with Crippen molar-refractivity contribution in [1.29, 1.82) is 0 Å². The molecule has 1 rings (SSSR count). The third-order valence-corrected chi connectivity index (χ3v) is 4.99. The normalized spacial score (nSPS) is 21.4. The Morgan fingerprint density at radius 3 is 2.38 bits per heavy atom. The van der Waals surface area contributed by atoms with Gasteiger partial charge in [-0.3, -0.25) is 19.2 Å². The summed E-state index contributed by atoms with van der Waals surface area (Å²) in [6, 6.07) is 0. The molecule has 1 aliphatic rings. The van der Waals surface area contributed by atoms with Crippen LogP contribution in [0.3, 0.4) is 0 Å². The molecule has 1 fully saturated rings. The number of unbranched alkanes of at least 4 members (excludes halogenated alkanes) is 2. The molecule has 8 heteroatoms. The number of hydrogen-bond donors (Lipinski definition) is 0. The Hall–Kier alpha value is -2.51. The summed E-state index contributed by atoms with van der Waals surface area (Å²) in [5, 5.41) is 4.01. The SMILES string of the molecule is C=CCO/N=C(/CCCCCC(=O)OC)[C@@H]1C(=O)CC(C)(C)[C@H](C(=O)OC)C1=O. The van der Waals surface area contributed by atoms with Crippen molar-refractivity contribution < 1.29 is 33.5 Å². The fourth-order valence-electron chi connectivity index (χ4n) is 3.54. The molecule has 8 nitrogen and oxygen atoms in total. The zero-order valence-electron chi connectivity index (χ0n) is 17.7. The minimum atomic E-state index is -1.13. The summed E-state index contributed by atoms with van der Waals surface area (Å²) < 4.78 is 9.41. The van der Waals surface area contributed by atoms with Crippen LogP contribution in [0, 0.1) is 17.3 Å². The smallest absolute Gasteiger partial charge is 0.316 e. The van der Waals surface area contributed by atoms with Crippen molar-refractivity contribution in [2.45, 2.75) is 52.4 Å². The number of oxime groups is 1. The van der Waals surface area contributed by atoms with E-state index in [2.05, 4.69) is 16.5 Å². The molecule has 0 amide bonds. The predicted molar refractivity (Wildman–Crippen MR) is 106 cm³/mol. The van der Waals surface area contributed by atoms with E-state index in [1.807, 2.05) is 0 Å². The number of ketones is 2. The summed E-state index contributed by atoms with van der Waals surface area (Å²) in [6.45, 7) is 7.09. The van der Waals surface area contributed by atoms with Gasteiger partial charge in [-0.25, -0.2) is 0 Å². The highest BCUT2D eigenvalue weighted by Crippen LogP contribution is 2.40. The van der Waals surface area contributed by atoms with Gasteiger partial charge in [-0.05, 0) is 24.7 Å². The van der Waals surface area contributed by atoms with Crippen LogP contribution in [-0.2, 0) is 33.5 Å². The molecule has 0 aromatic carbocycles. The van der Waals surface area contributed by atoms with Gasteiger partial charge in [0.2, 0.25) is 0 Å². The monoisotopic (exact) mass is 409 g/mol. The fraction of sp³-hybridized carbons (Fsp3) is 0.667. The number of nitrogens with zero attached hydrogens (tertiary/aromatic N) is 1. The van der Waals surface area contributed by atoms with E-state index in [0.717, 1.165) is 0 Å². The highest BCUT2D eigenvalue weighted by Gasteiger charge is 2.53. The van der Waals surface area contributed by atoms with Crippen LogP contribution in [0.4, 0.5) is 0 Å². The van der Waals surface area contributed by atoms with Gasteiger partial charge in [0.25, 0.3) is 0 Å². The molecule has 0 bridgehead atoms. The number of rotatable bonds is 11. The number of methoxy groups -OCH3 is 2. The largest absolute Gasteiger partial charge is 0.469 e. The molecule has 0 radical (unpaired) electrons. The van der Waals surface area contributed by atoms with E-state index < -0.39 is 29.0 Å². The molecule has 0 aliphatic heterocycles. The molecule has 162 valence electrons. The van der Waals surface area contributed by atoms with Crippen LogP contribution in [0.15, 0.2) is 17.8 Å². The average Bonchev–Trinajstić information content (AvgIpc) is 2.65. The lowest BCUT2D eigenvalue weighted by Crippen LogP contribution is -2.52. The summed E-state index contributed by atoms with van der Waals surface area (Å²) >= 11 is 0. The highest BCUT2D eigenvalue weighted by molar-refractivity contribution is 6.26. The first-order chi connectivity index (χ1) is 13.7. The number of ether oxygens (including phenoxy) is 2. The molecule has 0 unspecified atom stereocenters. The van der Waals surface area contributed by atoms with E-state index in [0.29, 0.717) is 37.8 Å². The van der Waals surface area contributed by atoms with Crippen LogP contribution in [0.5, 0.6) is 0 Å². The Labute approximate surface area is 171 Å². The highest BCUT2D eigenvalue weighted by atomic mass is 16.6. The maximum absolute atomic E-state index is 13.1. The standard InChI is InChI=1S/C21H31NO7/c1-6-12-29-22-14(10-8-7-9-11-16(24)27-4)17-15(23)13-21(2,3)18(19(17)25)20(26)28-5/h6,17-18H,1,7-13H2,2-5H3/b22-14-/t17-,18+/m1/s1. The number of carbonyl (C=O) groups is 4. The summed E-state index contributed by atoms with van der Waals surface area (Å²) in [5.74, 6) is -3.89. The fourth-order valence-corrected chi connectivity index (χ4v) is 3.54. The van der Waals surface area contributed by atoms with E-state index in [4.69, 9.17) is 9.57 Å². The molecular formula is C21H31NO7. The van der Waals surface area contributed by atoms with Crippen LogP contribution in [0.25, 0.3) is 0 Å². The van der Waals surface area contributed by atoms with Crippen molar-refractivity contribution in [3.63, 3.8) is 0 Å². The Morgan fingerprint density at radius 1 is 1.14 bits per heavy atom. The Bertz CT molecular complexity index is 666. The third-order valence-electron chi connectivity index (χ3n) is 4.99. The van der Waals surface area contributed by atoms with Crippen LogP contribution < -0.4 is 0 Å². The number of hydrogen-bond acceptors (Lipinski definition) is 8. The molecule has 0 heterocycles. The number of carbonyl (C=O) groups excluding carboxylic acids is 4. The lowest BCUT2D eigenvalue weighted by atomic mass is 9.63. The molecule has 1 saturated carbocycles. The molecule has 2 atom stereocenters. The van der Waals surface area contributed by atoms with E-state index in [1.54, 1.807) is 13.8 Å². The minimum absolute atomic E-state index is 0.0615. The van der Waals surface area contributed by atoms with Crippen molar-refractivity contribution in [2.24, 2.45) is 22.4 Å². The van der Waals surface area contributed by atoms with E-state index >= 15 is 0 Å². The summed E-state index contributed by atoms with van der Waals surface area (Å²) in [7, 11) is 2.56. The van der Waals surface area contributed by atoms with Crippen LogP contribution in [0.1, 0.15) is 52.4 Å². The van der Waals surface area contributed by atoms with Crippen molar-refractivity contribution in [3.05, 3.63) is 12.7 Å². The Kier molecular flexibility index (Phi) is 9.71. The lowest BCUT2D eigenvalue weighted by molar-refractivity contribution is -0.159. The van der Waals surface area contributed by atoms with Crippen molar-refractivity contribution in [2.75, 3.05) is 20.8 Å². The average molecular weight is 409 g/mol. The van der Waals surface area contributed by atoms with Gasteiger partial charge in [0.05, 0.1) is 19.9 Å². The summed E-state index contributed by atoms with van der Waals surface area (Å²) in [6.07, 6.45) is 4.13. The molecule has 0 N–H and O–H groups in total. The summed E-state index contributed by atoms with van der Waals surface area (Å²) in [4.78, 5) is 54.5. The number of esters is 2. The predicted octanol–water partition coefficient (Wildman–Crippen LogP) is 2.64. The quantitative estimate of drug-likeness (QED) is 0.129. The van der Waals surface area contributed by atoms with Gasteiger partial charge in [0.1, 0.15) is 24.2 Å². The maximum Gasteiger partial charge on any atom is 0.316 e. The van der Waals surface area contributed by atoms with Gasteiger partial charge in [-0.2, -0.15) is 0 Å². The van der Waals surface area contributed by atoms with Crippen molar-refractivity contribution >= 4 is 29.2 Å². The van der Waals surface area contributed by atoms with Gasteiger partial charge in [-0.1, -0.05) is 38.1 Å². The Morgan fingerprint density at radius 2 is 1.79 bits per heavy atom. The van der Waals surface area contributed by atoms with E-state index in [-0.39, 0.29) is 24.8 Å². The maximum atomic E-state index is 13.1. The van der Waals surface area contributed by atoms with Crippen LogP contribution >= 0.6 is 0 Å². The van der Waals surface area contributed by atoms with Gasteiger partial charge < -0.3 is 14.3 Å². The van der Waals surface area contributed by atoms with Crippen molar-refractivity contribution in [3.8, 4) is 0 Å². The zero-order valence-corrected chi connectivity index (χ0v) is 17.7. The van der Waals surface area contributed by atoms with Gasteiger partial charge >= 0.3 is 11.9 Å². The molecule has 0 aromatic heterocycles. The first-order valence-corrected chi connectivity index (χ1v) is 9.70. The molecule has 29 heavy (non-hydrogen) atoms. The second-order valence-electron chi connectivity index (χ2n) is 7.73. The first-order valence-electron chi connectivity index (χ1n) is 9.70.